The molecule has 3 aromatic rings. The van der Waals surface area contributed by atoms with E-state index in [9.17, 15) is 5.11 Å². The highest BCUT2D eigenvalue weighted by molar-refractivity contribution is 5.45. The maximum absolute atomic E-state index is 12.6. The molecule has 5 unspecified atom stereocenters. The molecule has 39 heavy (non-hydrogen) atoms. The summed E-state index contributed by atoms with van der Waals surface area (Å²) < 4.78 is 0. The number of nitrogens with one attached hydrogen (secondary N) is 2. The second kappa shape index (κ2) is 11.2. The summed E-state index contributed by atoms with van der Waals surface area (Å²) in [6, 6.07) is 31.9. The van der Waals surface area contributed by atoms with E-state index in [-0.39, 0.29) is 12.0 Å². The molecule has 1 fully saturated rings. The van der Waals surface area contributed by atoms with E-state index in [1.165, 1.54) is 41.7 Å². The number of hydrogen-bond donors (Lipinski definition) is 3. The lowest BCUT2D eigenvalue weighted by Crippen LogP contribution is -2.52. The summed E-state index contributed by atoms with van der Waals surface area (Å²) in [6.07, 6.45) is 8.22. The Bertz CT molecular complexity index is 1270. The third-order valence-corrected chi connectivity index (χ3v) is 9.50. The van der Waals surface area contributed by atoms with Gasteiger partial charge in [0.05, 0.1) is 6.04 Å². The van der Waals surface area contributed by atoms with Crippen LogP contribution in [0.15, 0.2) is 114 Å². The van der Waals surface area contributed by atoms with E-state index in [1.54, 1.807) is 0 Å². The SMILES string of the molecule is CC1C=C(C(c2ccccc2)C2CCCCN2)C(C)C2=C1CCC(C(O)(c1ccccc1)c1ccccc1)N2. The zero-order valence-corrected chi connectivity index (χ0v) is 23.3. The van der Waals surface area contributed by atoms with E-state index in [2.05, 4.69) is 85.2 Å². The van der Waals surface area contributed by atoms with Crippen molar-refractivity contribution in [3.8, 4) is 0 Å². The first kappa shape index (κ1) is 26.1. The Hall–Kier alpha value is -3.14. The van der Waals surface area contributed by atoms with Crippen LogP contribution in [0.3, 0.4) is 0 Å². The van der Waals surface area contributed by atoms with Gasteiger partial charge in [-0.2, -0.15) is 0 Å². The number of benzene rings is 3. The standard InChI is InChI=1S/C36H42N2O/c1-25-24-31(34(27-14-6-3-7-15-27)32-20-12-13-23-37-32)26(2)35-30(25)21-22-33(38-35)36(39,28-16-8-4-9-17-28)29-18-10-5-11-19-29/h3-11,14-19,24-26,32-34,37-39H,12-13,20-23H2,1-2H3. The van der Waals surface area contributed by atoms with Crippen LogP contribution in [0.4, 0.5) is 0 Å². The predicted octanol–water partition coefficient (Wildman–Crippen LogP) is 7.07. The lowest BCUT2D eigenvalue weighted by Gasteiger charge is -2.46. The van der Waals surface area contributed by atoms with Crippen LogP contribution >= 0.6 is 0 Å². The van der Waals surface area contributed by atoms with E-state index < -0.39 is 5.60 Å². The van der Waals surface area contributed by atoms with Gasteiger partial charge in [-0.05, 0) is 60.4 Å². The molecule has 2 heterocycles. The normalized spacial score (nSPS) is 26.3. The van der Waals surface area contributed by atoms with Crippen molar-refractivity contribution < 1.29 is 5.11 Å². The number of allylic oxidation sites excluding steroid dienone is 3. The van der Waals surface area contributed by atoms with Crippen molar-refractivity contribution in [3.63, 3.8) is 0 Å². The van der Waals surface area contributed by atoms with Crippen LogP contribution < -0.4 is 10.6 Å². The molecule has 0 amide bonds. The Morgan fingerprint density at radius 3 is 2.00 bits per heavy atom. The summed E-state index contributed by atoms with van der Waals surface area (Å²) in [5, 5.41) is 20.4. The molecule has 1 saturated heterocycles. The van der Waals surface area contributed by atoms with Crippen molar-refractivity contribution in [2.45, 2.75) is 69.6 Å². The zero-order chi connectivity index (χ0) is 26.8. The van der Waals surface area contributed by atoms with Gasteiger partial charge in [-0.3, -0.25) is 0 Å². The predicted molar refractivity (Wildman–Crippen MR) is 160 cm³/mol. The van der Waals surface area contributed by atoms with E-state index >= 15 is 0 Å². The molecule has 3 heteroatoms. The summed E-state index contributed by atoms with van der Waals surface area (Å²) in [7, 11) is 0. The van der Waals surface area contributed by atoms with Crippen LogP contribution in [0.2, 0.25) is 0 Å². The fourth-order valence-electron chi connectivity index (χ4n) is 7.48. The van der Waals surface area contributed by atoms with Crippen molar-refractivity contribution in [1.82, 2.24) is 10.6 Å². The average Bonchev–Trinajstić information content (AvgIpc) is 3.01. The fraction of sp³-hybridized carbons (Fsp3) is 0.389. The molecule has 0 spiro atoms. The lowest BCUT2D eigenvalue weighted by atomic mass is 9.68. The molecule has 5 atom stereocenters. The topological polar surface area (TPSA) is 44.3 Å². The van der Waals surface area contributed by atoms with Crippen LogP contribution in [0.25, 0.3) is 0 Å². The van der Waals surface area contributed by atoms with E-state index in [4.69, 9.17) is 0 Å². The smallest absolute Gasteiger partial charge is 0.135 e. The van der Waals surface area contributed by atoms with Crippen molar-refractivity contribution >= 4 is 0 Å². The van der Waals surface area contributed by atoms with Crippen molar-refractivity contribution in [3.05, 3.63) is 131 Å². The van der Waals surface area contributed by atoms with E-state index in [0.29, 0.717) is 17.9 Å². The van der Waals surface area contributed by atoms with Gasteiger partial charge in [-0.1, -0.05) is 123 Å². The quantitative estimate of drug-likeness (QED) is 0.306. The summed E-state index contributed by atoms with van der Waals surface area (Å²) in [6.45, 7) is 5.84. The molecule has 0 bridgehead atoms. The Morgan fingerprint density at radius 2 is 1.41 bits per heavy atom. The highest BCUT2D eigenvalue weighted by atomic mass is 16.3. The molecule has 0 radical (unpaired) electrons. The van der Waals surface area contributed by atoms with Gasteiger partial charge in [-0.25, -0.2) is 0 Å². The minimum absolute atomic E-state index is 0.113. The first-order chi connectivity index (χ1) is 19.1. The molecular formula is C36H42N2O. The maximum atomic E-state index is 12.6. The number of hydrogen-bond acceptors (Lipinski definition) is 3. The van der Waals surface area contributed by atoms with Crippen molar-refractivity contribution in [1.29, 1.82) is 0 Å². The Labute approximate surface area is 234 Å². The largest absolute Gasteiger partial charge is 0.382 e. The average molecular weight is 519 g/mol. The molecule has 0 aromatic heterocycles. The van der Waals surface area contributed by atoms with Crippen LogP contribution in [0.5, 0.6) is 0 Å². The van der Waals surface area contributed by atoms with Crippen molar-refractivity contribution in [2.75, 3.05) is 6.54 Å². The van der Waals surface area contributed by atoms with Crippen LogP contribution in [-0.2, 0) is 5.60 Å². The third-order valence-electron chi connectivity index (χ3n) is 9.50. The second-order valence-corrected chi connectivity index (χ2v) is 11.8. The summed E-state index contributed by atoms with van der Waals surface area (Å²) >= 11 is 0. The summed E-state index contributed by atoms with van der Waals surface area (Å²) in [5.74, 6) is 1.00. The first-order valence-corrected chi connectivity index (χ1v) is 14.9. The Morgan fingerprint density at radius 1 is 0.795 bits per heavy atom. The Balaban J connectivity index is 1.37. The highest BCUT2D eigenvalue weighted by Crippen LogP contribution is 2.47. The van der Waals surface area contributed by atoms with Crippen molar-refractivity contribution in [2.24, 2.45) is 11.8 Å². The van der Waals surface area contributed by atoms with Gasteiger partial charge < -0.3 is 15.7 Å². The Kier molecular flexibility index (Phi) is 7.47. The van der Waals surface area contributed by atoms with Gasteiger partial charge in [0.15, 0.2) is 0 Å². The number of rotatable bonds is 6. The number of aliphatic hydroxyl groups is 1. The minimum Gasteiger partial charge on any atom is -0.382 e. The monoisotopic (exact) mass is 518 g/mol. The third kappa shape index (κ3) is 4.88. The molecule has 2 aliphatic heterocycles. The molecule has 202 valence electrons. The highest BCUT2D eigenvalue weighted by Gasteiger charge is 2.45. The molecule has 0 saturated carbocycles. The molecule has 3 nitrogen and oxygen atoms in total. The van der Waals surface area contributed by atoms with E-state index in [1.807, 2.05) is 36.4 Å². The summed E-state index contributed by atoms with van der Waals surface area (Å²) in [5.41, 5.74) is 6.53. The van der Waals surface area contributed by atoms with Gasteiger partial charge in [0.1, 0.15) is 5.60 Å². The summed E-state index contributed by atoms with van der Waals surface area (Å²) in [4.78, 5) is 0. The van der Waals surface area contributed by atoms with Crippen LogP contribution in [0, 0.1) is 11.8 Å². The molecular weight excluding hydrogens is 476 g/mol. The molecule has 6 rings (SSSR count). The van der Waals surface area contributed by atoms with Crippen LogP contribution in [-0.4, -0.2) is 23.7 Å². The number of piperidine rings is 1. The second-order valence-electron chi connectivity index (χ2n) is 11.8. The zero-order valence-electron chi connectivity index (χ0n) is 23.3. The van der Waals surface area contributed by atoms with Crippen LogP contribution in [0.1, 0.15) is 68.6 Å². The van der Waals surface area contributed by atoms with E-state index in [0.717, 1.165) is 30.5 Å². The van der Waals surface area contributed by atoms with Gasteiger partial charge >= 0.3 is 0 Å². The van der Waals surface area contributed by atoms with Gasteiger partial charge in [0.25, 0.3) is 0 Å². The van der Waals surface area contributed by atoms with Gasteiger partial charge in [0.2, 0.25) is 0 Å². The molecule has 1 aliphatic carbocycles. The van der Waals surface area contributed by atoms with Gasteiger partial charge in [-0.15, -0.1) is 0 Å². The van der Waals surface area contributed by atoms with Gasteiger partial charge in [0, 0.05) is 23.6 Å². The minimum atomic E-state index is -1.12. The first-order valence-electron chi connectivity index (χ1n) is 14.9. The lowest BCUT2D eigenvalue weighted by molar-refractivity contribution is 0.0333. The molecule has 3 aromatic carbocycles. The maximum Gasteiger partial charge on any atom is 0.135 e. The fourth-order valence-corrected chi connectivity index (χ4v) is 7.48. The molecule has 3 N–H and O–H groups in total. The molecule has 3 aliphatic rings.